The molecule has 1 aliphatic heterocycles. The fourth-order valence-electron chi connectivity index (χ4n) is 3.22. The normalized spacial score (nSPS) is 18.9. The van der Waals surface area contributed by atoms with E-state index in [1.165, 1.54) is 0 Å². The summed E-state index contributed by atoms with van der Waals surface area (Å²) in [4.78, 5) is 27.9. The second-order valence-electron chi connectivity index (χ2n) is 6.77. The smallest absolute Gasteiger partial charge is 0.329 e. The number of rotatable bonds is 6. The van der Waals surface area contributed by atoms with Crippen molar-refractivity contribution >= 4 is 35.2 Å². The zero-order valence-electron chi connectivity index (χ0n) is 16.1. The molecule has 6 heteroatoms. The third kappa shape index (κ3) is 4.36. The number of thioether (sulfide) groups is 1. The Balaban J connectivity index is 1.95. The Kier molecular flexibility index (Phi) is 7.03. The van der Waals surface area contributed by atoms with Gasteiger partial charge in [0.25, 0.3) is 5.91 Å². The van der Waals surface area contributed by atoms with E-state index in [0.717, 1.165) is 24.0 Å². The number of aryl methyl sites for hydroxylation is 1. The first-order chi connectivity index (χ1) is 13.5. The van der Waals surface area contributed by atoms with Crippen LogP contribution >= 0.6 is 23.4 Å². The molecule has 4 nitrogen and oxygen atoms in total. The molecule has 2 atom stereocenters. The first-order valence-electron chi connectivity index (χ1n) is 9.45. The standard InChI is InChI=1S/C22H24ClNO3S/c1-3-4-13-27-22(26)19-14-28-21(17-11-7-8-12-18(17)23)24(19)20(25)16-10-6-5-9-15(16)2/h5-12,19,21H,3-4,13-14H2,1-2H3/t19-,21+/m1/s1. The molecular formula is C22H24ClNO3S. The highest BCUT2D eigenvalue weighted by atomic mass is 35.5. The predicted octanol–water partition coefficient (Wildman–Crippen LogP) is 5.25. The van der Waals surface area contributed by atoms with Crippen molar-refractivity contribution in [1.29, 1.82) is 0 Å². The van der Waals surface area contributed by atoms with Crippen LogP contribution in [0.3, 0.4) is 0 Å². The molecule has 1 amide bonds. The number of amides is 1. The molecule has 1 aliphatic rings. The maximum absolute atomic E-state index is 13.5. The van der Waals surface area contributed by atoms with Crippen molar-refractivity contribution in [3.8, 4) is 0 Å². The van der Waals surface area contributed by atoms with E-state index in [-0.39, 0.29) is 17.3 Å². The molecule has 0 aromatic heterocycles. The van der Waals surface area contributed by atoms with Crippen LogP contribution in [0, 0.1) is 6.92 Å². The Morgan fingerprint density at radius 3 is 2.61 bits per heavy atom. The first-order valence-corrected chi connectivity index (χ1v) is 10.9. The molecular weight excluding hydrogens is 394 g/mol. The van der Waals surface area contributed by atoms with Crippen LogP contribution in [0.4, 0.5) is 0 Å². The molecule has 148 valence electrons. The number of hydrogen-bond donors (Lipinski definition) is 0. The van der Waals surface area contributed by atoms with Crippen LogP contribution in [0.25, 0.3) is 0 Å². The molecule has 1 fully saturated rings. The van der Waals surface area contributed by atoms with Gasteiger partial charge in [0, 0.05) is 21.9 Å². The number of halogens is 1. The fourth-order valence-corrected chi connectivity index (χ4v) is 4.97. The van der Waals surface area contributed by atoms with Gasteiger partial charge in [-0.1, -0.05) is 61.3 Å². The quantitative estimate of drug-likeness (QED) is 0.475. The monoisotopic (exact) mass is 417 g/mol. The molecule has 3 rings (SSSR count). The lowest BCUT2D eigenvalue weighted by atomic mass is 10.1. The average molecular weight is 418 g/mol. The third-order valence-corrected chi connectivity index (χ3v) is 6.45. The highest BCUT2D eigenvalue weighted by Gasteiger charge is 2.44. The average Bonchev–Trinajstić information content (AvgIpc) is 3.13. The zero-order chi connectivity index (χ0) is 20.1. The Morgan fingerprint density at radius 1 is 1.18 bits per heavy atom. The largest absolute Gasteiger partial charge is 0.464 e. The molecule has 28 heavy (non-hydrogen) atoms. The van der Waals surface area contributed by atoms with E-state index in [1.807, 2.05) is 50.2 Å². The van der Waals surface area contributed by atoms with Crippen LogP contribution in [0.5, 0.6) is 0 Å². The molecule has 0 N–H and O–H groups in total. The van der Waals surface area contributed by atoms with Gasteiger partial charge < -0.3 is 9.64 Å². The van der Waals surface area contributed by atoms with Gasteiger partial charge in [0.15, 0.2) is 0 Å². The van der Waals surface area contributed by atoms with Crippen LogP contribution in [0.1, 0.15) is 46.6 Å². The van der Waals surface area contributed by atoms with E-state index in [9.17, 15) is 9.59 Å². The molecule has 0 unspecified atom stereocenters. The number of hydrogen-bond acceptors (Lipinski definition) is 4. The molecule has 0 bridgehead atoms. The SMILES string of the molecule is CCCCOC(=O)[C@H]1CS[C@@H](c2ccccc2Cl)N1C(=O)c1ccccc1C. The van der Waals surface area contributed by atoms with Crippen molar-refractivity contribution in [2.75, 3.05) is 12.4 Å². The summed E-state index contributed by atoms with van der Waals surface area (Å²) >= 11 is 7.96. The summed E-state index contributed by atoms with van der Waals surface area (Å²) in [7, 11) is 0. The van der Waals surface area contributed by atoms with Gasteiger partial charge in [-0.05, 0) is 31.0 Å². The lowest BCUT2D eigenvalue weighted by Crippen LogP contribution is -2.44. The Bertz CT molecular complexity index is 857. The Hall–Kier alpha value is -1.98. The molecule has 0 saturated carbocycles. The van der Waals surface area contributed by atoms with Crippen molar-refractivity contribution in [2.45, 2.75) is 38.1 Å². The van der Waals surface area contributed by atoms with Gasteiger partial charge in [0.2, 0.25) is 0 Å². The topological polar surface area (TPSA) is 46.6 Å². The number of carbonyl (C=O) groups is 2. The van der Waals surface area contributed by atoms with Gasteiger partial charge in [-0.3, -0.25) is 4.79 Å². The van der Waals surface area contributed by atoms with Crippen LogP contribution in [0.2, 0.25) is 5.02 Å². The minimum atomic E-state index is -0.629. The van der Waals surface area contributed by atoms with Crippen molar-refractivity contribution in [3.63, 3.8) is 0 Å². The minimum absolute atomic E-state index is 0.175. The number of benzene rings is 2. The fraction of sp³-hybridized carbons (Fsp3) is 0.364. The van der Waals surface area contributed by atoms with E-state index in [1.54, 1.807) is 28.8 Å². The minimum Gasteiger partial charge on any atom is -0.464 e. The summed E-state index contributed by atoms with van der Waals surface area (Å²) in [6, 6.07) is 14.3. The zero-order valence-corrected chi connectivity index (χ0v) is 17.6. The third-order valence-electron chi connectivity index (χ3n) is 4.80. The number of ether oxygens (including phenoxy) is 1. The van der Waals surface area contributed by atoms with Gasteiger partial charge in [-0.15, -0.1) is 11.8 Å². The van der Waals surface area contributed by atoms with Crippen LogP contribution in [-0.2, 0) is 9.53 Å². The molecule has 0 aliphatic carbocycles. The molecule has 2 aromatic carbocycles. The number of esters is 1. The Labute approximate surface area is 175 Å². The highest BCUT2D eigenvalue weighted by Crippen LogP contribution is 2.44. The van der Waals surface area contributed by atoms with Crippen LogP contribution < -0.4 is 0 Å². The van der Waals surface area contributed by atoms with Gasteiger partial charge >= 0.3 is 5.97 Å². The maximum Gasteiger partial charge on any atom is 0.329 e. The van der Waals surface area contributed by atoms with E-state index in [2.05, 4.69) is 0 Å². The number of nitrogens with zero attached hydrogens (tertiary/aromatic N) is 1. The van der Waals surface area contributed by atoms with Gasteiger partial charge in [-0.2, -0.15) is 0 Å². The van der Waals surface area contributed by atoms with Gasteiger partial charge in [0.1, 0.15) is 11.4 Å². The molecule has 2 aromatic rings. The summed E-state index contributed by atoms with van der Waals surface area (Å²) in [5, 5.41) is 0.257. The lowest BCUT2D eigenvalue weighted by molar-refractivity contribution is -0.148. The first kappa shape index (κ1) is 20.7. The summed E-state index contributed by atoms with van der Waals surface area (Å²) < 4.78 is 5.45. The molecule has 0 spiro atoms. The Morgan fingerprint density at radius 2 is 1.89 bits per heavy atom. The van der Waals surface area contributed by atoms with Crippen molar-refractivity contribution in [1.82, 2.24) is 4.90 Å². The van der Waals surface area contributed by atoms with E-state index in [4.69, 9.17) is 16.3 Å². The molecule has 0 radical (unpaired) electrons. The number of unbranched alkanes of at least 4 members (excludes halogenated alkanes) is 1. The van der Waals surface area contributed by atoms with Crippen LogP contribution in [-0.4, -0.2) is 35.2 Å². The summed E-state index contributed by atoms with van der Waals surface area (Å²) in [5.74, 6) is -0.0405. The maximum atomic E-state index is 13.5. The van der Waals surface area contributed by atoms with E-state index >= 15 is 0 Å². The van der Waals surface area contributed by atoms with E-state index in [0.29, 0.717) is 22.9 Å². The van der Waals surface area contributed by atoms with Crippen molar-refractivity contribution < 1.29 is 14.3 Å². The lowest BCUT2D eigenvalue weighted by Gasteiger charge is -2.29. The van der Waals surface area contributed by atoms with E-state index < -0.39 is 6.04 Å². The highest BCUT2D eigenvalue weighted by molar-refractivity contribution is 7.99. The van der Waals surface area contributed by atoms with Crippen LogP contribution in [0.15, 0.2) is 48.5 Å². The molecule has 1 heterocycles. The summed E-state index contributed by atoms with van der Waals surface area (Å²) in [6.45, 7) is 4.32. The van der Waals surface area contributed by atoms with Gasteiger partial charge in [-0.25, -0.2) is 4.79 Å². The van der Waals surface area contributed by atoms with Crippen molar-refractivity contribution in [2.24, 2.45) is 0 Å². The molecule has 1 saturated heterocycles. The van der Waals surface area contributed by atoms with Gasteiger partial charge in [0.05, 0.1) is 6.61 Å². The predicted molar refractivity (Wildman–Crippen MR) is 114 cm³/mol. The summed E-state index contributed by atoms with van der Waals surface area (Å²) in [6.07, 6.45) is 1.76. The van der Waals surface area contributed by atoms with Crippen molar-refractivity contribution in [3.05, 3.63) is 70.2 Å². The number of carbonyl (C=O) groups excluding carboxylic acids is 2. The second-order valence-corrected chi connectivity index (χ2v) is 8.29. The second kappa shape index (κ2) is 9.48. The summed E-state index contributed by atoms with van der Waals surface area (Å²) in [5.41, 5.74) is 2.30.